The maximum atomic E-state index is 13.2. The number of halogens is 1. The first-order valence-corrected chi connectivity index (χ1v) is 8.44. The van der Waals surface area contributed by atoms with E-state index in [1.807, 2.05) is 30.3 Å². The van der Waals surface area contributed by atoms with Crippen LogP contribution in [0.15, 0.2) is 66.7 Å². The van der Waals surface area contributed by atoms with E-state index >= 15 is 0 Å². The third-order valence-electron chi connectivity index (χ3n) is 4.58. The number of hydrogen-bond acceptors (Lipinski definition) is 2. The van der Waals surface area contributed by atoms with Crippen molar-refractivity contribution in [2.45, 2.75) is 6.42 Å². The molecule has 128 valence electrons. The lowest BCUT2D eigenvalue weighted by Crippen LogP contribution is -2.25. The van der Waals surface area contributed by atoms with Crippen molar-refractivity contribution in [1.29, 1.82) is 0 Å². The summed E-state index contributed by atoms with van der Waals surface area (Å²) in [6, 6.07) is 19.0. The molecule has 0 radical (unpaired) electrons. The Morgan fingerprint density at radius 2 is 1.62 bits per heavy atom. The molecule has 3 aromatic carbocycles. The highest BCUT2D eigenvalue weighted by molar-refractivity contribution is 6.22. The van der Waals surface area contributed by atoms with E-state index in [1.54, 1.807) is 24.3 Å². The Labute approximate surface area is 150 Å². The van der Waals surface area contributed by atoms with Gasteiger partial charge in [-0.2, -0.15) is 0 Å². The van der Waals surface area contributed by atoms with Crippen LogP contribution in [0, 0.1) is 5.82 Å². The Hall–Kier alpha value is -3.27. The summed E-state index contributed by atoms with van der Waals surface area (Å²) in [6.07, 6.45) is 0.540. The molecule has 3 aromatic rings. The number of rotatable bonds is 4. The fourth-order valence-electron chi connectivity index (χ4n) is 3.28. The average molecular weight is 345 g/mol. The van der Waals surface area contributed by atoms with E-state index < -0.39 is 0 Å². The summed E-state index contributed by atoms with van der Waals surface area (Å²) in [4.78, 5) is 24.9. The summed E-state index contributed by atoms with van der Waals surface area (Å²) in [5, 5.41) is 2.82. The maximum absolute atomic E-state index is 13.2. The van der Waals surface area contributed by atoms with Crippen LogP contribution in [0.1, 0.15) is 31.8 Å². The monoisotopic (exact) mass is 345 g/mol. The molecular weight excluding hydrogens is 329 g/mol. The second kappa shape index (κ2) is 6.56. The summed E-state index contributed by atoms with van der Waals surface area (Å²) in [5.74, 6) is -0.580. The highest BCUT2D eigenvalue weighted by atomic mass is 19.1. The molecule has 26 heavy (non-hydrogen) atoms. The lowest BCUT2D eigenvalue weighted by Gasteiger charge is -2.07. The fourth-order valence-corrected chi connectivity index (χ4v) is 3.28. The van der Waals surface area contributed by atoms with Gasteiger partial charge in [0.15, 0.2) is 5.78 Å². The van der Waals surface area contributed by atoms with Crippen LogP contribution in [-0.2, 0) is 6.42 Å². The van der Waals surface area contributed by atoms with Crippen LogP contribution >= 0.6 is 0 Å². The molecule has 1 aliphatic carbocycles. The predicted octanol–water partition coefficient (Wildman–Crippen LogP) is 4.01. The number of fused-ring (bicyclic) bond motifs is 3. The van der Waals surface area contributed by atoms with Gasteiger partial charge < -0.3 is 5.32 Å². The van der Waals surface area contributed by atoms with Gasteiger partial charge in [-0.15, -0.1) is 0 Å². The molecule has 0 saturated heterocycles. The summed E-state index contributed by atoms with van der Waals surface area (Å²) < 4.78 is 13.2. The van der Waals surface area contributed by atoms with Crippen molar-refractivity contribution in [1.82, 2.24) is 5.32 Å². The molecule has 0 unspecified atom stereocenters. The molecule has 0 heterocycles. The van der Waals surface area contributed by atoms with Gasteiger partial charge in [-0.3, -0.25) is 9.59 Å². The normalized spacial score (nSPS) is 11.8. The third-order valence-corrected chi connectivity index (χ3v) is 4.58. The highest BCUT2D eigenvalue weighted by Gasteiger charge is 2.26. The number of hydrogen-bond donors (Lipinski definition) is 1. The zero-order valence-corrected chi connectivity index (χ0v) is 14.0. The molecule has 3 nitrogen and oxygen atoms in total. The zero-order chi connectivity index (χ0) is 18.1. The molecule has 4 heteroatoms. The van der Waals surface area contributed by atoms with Crippen molar-refractivity contribution in [3.63, 3.8) is 0 Å². The van der Waals surface area contributed by atoms with E-state index in [1.165, 1.54) is 12.1 Å². The van der Waals surface area contributed by atoms with Gasteiger partial charge in [0.2, 0.25) is 0 Å². The van der Waals surface area contributed by atoms with Gasteiger partial charge in [0, 0.05) is 23.2 Å². The Morgan fingerprint density at radius 3 is 2.42 bits per heavy atom. The van der Waals surface area contributed by atoms with Crippen molar-refractivity contribution >= 4 is 11.7 Å². The van der Waals surface area contributed by atoms with E-state index in [-0.39, 0.29) is 17.5 Å². The largest absolute Gasteiger partial charge is 0.352 e. The highest BCUT2D eigenvalue weighted by Crippen LogP contribution is 2.36. The van der Waals surface area contributed by atoms with Crippen LogP contribution < -0.4 is 5.32 Å². The zero-order valence-electron chi connectivity index (χ0n) is 14.0. The van der Waals surface area contributed by atoms with Crippen LogP contribution in [0.5, 0.6) is 0 Å². The first-order chi connectivity index (χ1) is 12.6. The van der Waals surface area contributed by atoms with Crippen molar-refractivity contribution in [3.05, 3.63) is 94.8 Å². The maximum Gasteiger partial charge on any atom is 0.251 e. The molecule has 0 fully saturated rings. The smallest absolute Gasteiger partial charge is 0.251 e. The molecule has 0 spiro atoms. The van der Waals surface area contributed by atoms with Gasteiger partial charge in [0.25, 0.3) is 5.91 Å². The van der Waals surface area contributed by atoms with E-state index in [0.717, 1.165) is 16.7 Å². The minimum atomic E-state index is -0.287. The lowest BCUT2D eigenvalue weighted by molar-refractivity contribution is 0.0954. The molecule has 1 amide bonds. The first-order valence-electron chi connectivity index (χ1n) is 8.44. The van der Waals surface area contributed by atoms with Crippen LogP contribution in [0.2, 0.25) is 0 Å². The number of carbonyl (C=O) groups is 2. The molecule has 4 rings (SSSR count). The van der Waals surface area contributed by atoms with Gasteiger partial charge in [0.05, 0.1) is 0 Å². The number of carbonyl (C=O) groups excluding carboxylic acids is 2. The van der Waals surface area contributed by atoms with Crippen molar-refractivity contribution in [3.8, 4) is 11.1 Å². The van der Waals surface area contributed by atoms with Gasteiger partial charge in [-0.25, -0.2) is 4.39 Å². The van der Waals surface area contributed by atoms with Crippen molar-refractivity contribution in [2.75, 3.05) is 6.54 Å². The number of amides is 1. The van der Waals surface area contributed by atoms with E-state index in [0.29, 0.717) is 29.7 Å². The SMILES string of the molecule is O=C(NCCc1cccc(F)c1)c1ccc2c(c1)C(=O)c1ccccc1-2. The Bertz CT molecular complexity index is 1030. The second-order valence-electron chi connectivity index (χ2n) is 6.27. The molecule has 0 bridgehead atoms. The van der Waals surface area contributed by atoms with Crippen LogP contribution in [0.3, 0.4) is 0 Å². The molecule has 1 N–H and O–H groups in total. The van der Waals surface area contributed by atoms with Gasteiger partial charge in [-0.05, 0) is 47.4 Å². The van der Waals surface area contributed by atoms with Crippen LogP contribution in [0.4, 0.5) is 4.39 Å². The molecule has 0 aromatic heterocycles. The van der Waals surface area contributed by atoms with E-state index in [9.17, 15) is 14.0 Å². The van der Waals surface area contributed by atoms with Crippen LogP contribution in [-0.4, -0.2) is 18.2 Å². The Kier molecular flexibility index (Phi) is 4.09. The molecule has 0 saturated carbocycles. The van der Waals surface area contributed by atoms with Gasteiger partial charge in [-0.1, -0.05) is 42.5 Å². The van der Waals surface area contributed by atoms with E-state index in [2.05, 4.69) is 5.32 Å². The number of benzene rings is 3. The summed E-state index contributed by atoms with van der Waals surface area (Å²) in [5.41, 5.74) is 4.27. The number of ketones is 1. The average Bonchev–Trinajstić information content (AvgIpc) is 2.94. The number of nitrogens with one attached hydrogen (secondary N) is 1. The molecule has 0 atom stereocenters. The quantitative estimate of drug-likeness (QED) is 0.607. The molecule has 0 aliphatic heterocycles. The second-order valence-corrected chi connectivity index (χ2v) is 6.27. The summed E-state index contributed by atoms with van der Waals surface area (Å²) >= 11 is 0. The minimum absolute atomic E-state index is 0.0509. The minimum Gasteiger partial charge on any atom is -0.352 e. The third kappa shape index (κ3) is 2.90. The molecular formula is C22H16FNO2. The summed E-state index contributed by atoms with van der Waals surface area (Å²) in [7, 11) is 0. The standard InChI is InChI=1S/C22H16FNO2/c23-16-5-3-4-14(12-16)10-11-24-22(26)15-8-9-18-17-6-1-2-7-19(17)21(25)20(18)13-15/h1-9,12-13H,10-11H2,(H,24,26). The van der Waals surface area contributed by atoms with Crippen molar-refractivity contribution in [2.24, 2.45) is 0 Å². The topological polar surface area (TPSA) is 46.2 Å². The van der Waals surface area contributed by atoms with Crippen molar-refractivity contribution < 1.29 is 14.0 Å². The van der Waals surface area contributed by atoms with Gasteiger partial charge in [0.1, 0.15) is 5.82 Å². The summed E-state index contributed by atoms with van der Waals surface area (Å²) in [6.45, 7) is 0.396. The Balaban J connectivity index is 1.47. The Morgan fingerprint density at radius 1 is 0.846 bits per heavy atom. The fraction of sp³-hybridized carbons (Fsp3) is 0.0909. The first kappa shape index (κ1) is 16.2. The molecule has 1 aliphatic rings. The van der Waals surface area contributed by atoms with E-state index in [4.69, 9.17) is 0 Å². The van der Waals surface area contributed by atoms with Crippen LogP contribution in [0.25, 0.3) is 11.1 Å². The lowest BCUT2D eigenvalue weighted by atomic mass is 10.0. The predicted molar refractivity (Wildman–Crippen MR) is 97.7 cm³/mol. The van der Waals surface area contributed by atoms with Gasteiger partial charge >= 0.3 is 0 Å².